The van der Waals surface area contributed by atoms with Crippen molar-refractivity contribution < 1.29 is 19.7 Å². The Bertz CT molecular complexity index is 842. The van der Waals surface area contributed by atoms with Gasteiger partial charge in [-0.25, -0.2) is 0 Å². The van der Waals surface area contributed by atoms with Crippen molar-refractivity contribution in [1.82, 2.24) is 0 Å². The van der Waals surface area contributed by atoms with Gasteiger partial charge in [-0.2, -0.15) is 0 Å². The van der Waals surface area contributed by atoms with E-state index in [4.69, 9.17) is 10.5 Å². The molecule has 158 valence electrons. The number of carboxylic acid groups (broad SMARTS) is 1. The minimum absolute atomic E-state index is 0.174. The van der Waals surface area contributed by atoms with Crippen LogP contribution in [0.5, 0.6) is 17.2 Å². The Morgan fingerprint density at radius 1 is 0.931 bits per heavy atom. The molecule has 2 aromatic carbocycles. The molecule has 0 radical (unpaired) electrons. The predicted octanol–water partition coefficient (Wildman–Crippen LogP) is 5.51. The molecule has 4 N–H and O–H groups in total. The molecule has 2 aromatic rings. The fourth-order valence-electron chi connectivity index (χ4n) is 3.35. The maximum atomic E-state index is 11.2. The zero-order chi connectivity index (χ0) is 21.9. The molecule has 2 rings (SSSR count). The lowest BCUT2D eigenvalue weighted by Crippen LogP contribution is -2.32. The maximum Gasteiger partial charge on any atom is 0.320 e. The maximum absolute atomic E-state index is 11.2. The smallest absolute Gasteiger partial charge is 0.320 e. The Balaban J connectivity index is 2.55. The lowest BCUT2D eigenvalue weighted by atomic mass is 9.89. The Morgan fingerprint density at radius 3 is 1.90 bits per heavy atom. The van der Waals surface area contributed by atoms with Gasteiger partial charge in [0, 0.05) is 5.56 Å². The number of aliphatic carboxylic acids is 1. The number of aromatic hydroxyl groups is 1. The predicted molar refractivity (Wildman–Crippen MR) is 116 cm³/mol. The summed E-state index contributed by atoms with van der Waals surface area (Å²) in [5.41, 5.74) is 9.53. The van der Waals surface area contributed by atoms with Gasteiger partial charge < -0.3 is 20.7 Å². The van der Waals surface area contributed by atoms with E-state index in [1.807, 2.05) is 32.0 Å². The van der Waals surface area contributed by atoms with E-state index in [9.17, 15) is 15.0 Å². The summed E-state index contributed by atoms with van der Waals surface area (Å²) in [6.07, 6.45) is 0.270. The van der Waals surface area contributed by atoms with Crippen molar-refractivity contribution in [3.05, 3.63) is 52.6 Å². The number of ether oxygens (including phenoxy) is 1. The molecular formula is C24H33NO4. The van der Waals surface area contributed by atoms with Crippen molar-refractivity contribution in [2.24, 2.45) is 5.73 Å². The molecule has 0 unspecified atom stereocenters. The van der Waals surface area contributed by atoms with Crippen LogP contribution in [-0.4, -0.2) is 22.2 Å². The minimum Gasteiger partial charge on any atom is -0.508 e. The van der Waals surface area contributed by atoms with Crippen molar-refractivity contribution in [2.75, 3.05) is 0 Å². The molecule has 0 aliphatic carbocycles. The third kappa shape index (κ3) is 5.51. The number of hydrogen-bond donors (Lipinski definition) is 3. The Labute approximate surface area is 173 Å². The number of hydrogen-bond acceptors (Lipinski definition) is 4. The molecule has 0 heterocycles. The second kappa shape index (κ2) is 9.31. The topological polar surface area (TPSA) is 92.8 Å². The van der Waals surface area contributed by atoms with E-state index in [1.54, 1.807) is 12.1 Å². The standard InChI is InChI=1S/C24H33NO4/c1-13(2)18-12-17(7-8-22(18)26)29-23-19(14(3)4)9-16(10-20(23)15(5)6)11-21(25)24(27)28/h7-10,12-15,21,26H,11,25H2,1-6H3,(H,27,28)/t21-/m0/s1. The zero-order valence-electron chi connectivity index (χ0n) is 18.2. The van der Waals surface area contributed by atoms with E-state index in [0.29, 0.717) is 5.75 Å². The second-order valence-electron chi connectivity index (χ2n) is 8.54. The highest BCUT2D eigenvalue weighted by Gasteiger charge is 2.21. The first kappa shape index (κ1) is 22.8. The summed E-state index contributed by atoms with van der Waals surface area (Å²) in [5.74, 6) is 1.27. The Morgan fingerprint density at radius 2 is 1.45 bits per heavy atom. The summed E-state index contributed by atoms with van der Waals surface area (Å²) in [6.45, 7) is 12.4. The van der Waals surface area contributed by atoms with E-state index in [1.165, 1.54) is 0 Å². The molecule has 0 fully saturated rings. The van der Waals surface area contributed by atoms with Crippen LogP contribution in [0.4, 0.5) is 0 Å². The lowest BCUT2D eigenvalue weighted by molar-refractivity contribution is -0.138. The number of carboxylic acids is 1. The average molecular weight is 400 g/mol. The van der Waals surface area contributed by atoms with E-state index < -0.39 is 12.0 Å². The molecule has 5 heteroatoms. The van der Waals surface area contributed by atoms with Gasteiger partial charge >= 0.3 is 5.97 Å². The highest BCUT2D eigenvalue weighted by molar-refractivity contribution is 5.73. The SMILES string of the molecule is CC(C)c1cc(Oc2c(C(C)C)cc(C[C@H](N)C(=O)O)cc2C(C)C)ccc1O. The van der Waals surface area contributed by atoms with Crippen LogP contribution in [0.1, 0.15) is 81.5 Å². The van der Waals surface area contributed by atoms with E-state index >= 15 is 0 Å². The third-order valence-corrected chi connectivity index (χ3v) is 5.06. The first-order valence-corrected chi connectivity index (χ1v) is 10.2. The molecule has 0 bridgehead atoms. The van der Waals surface area contributed by atoms with Gasteiger partial charge in [-0.1, -0.05) is 53.7 Å². The van der Waals surface area contributed by atoms with Crippen molar-refractivity contribution in [1.29, 1.82) is 0 Å². The van der Waals surface area contributed by atoms with Gasteiger partial charge in [-0.15, -0.1) is 0 Å². The van der Waals surface area contributed by atoms with Crippen LogP contribution in [0.15, 0.2) is 30.3 Å². The Hall–Kier alpha value is -2.53. The van der Waals surface area contributed by atoms with Crippen molar-refractivity contribution >= 4 is 5.97 Å². The van der Waals surface area contributed by atoms with Crippen molar-refractivity contribution in [3.8, 4) is 17.2 Å². The van der Waals surface area contributed by atoms with Gasteiger partial charge in [-0.3, -0.25) is 4.79 Å². The van der Waals surface area contributed by atoms with Crippen LogP contribution < -0.4 is 10.5 Å². The van der Waals surface area contributed by atoms with Gasteiger partial charge in [-0.05, 0) is 59.1 Å². The van der Waals surface area contributed by atoms with E-state index in [0.717, 1.165) is 28.0 Å². The van der Waals surface area contributed by atoms with Gasteiger partial charge in [0.25, 0.3) is 0 Å². The number of rotatable bonds is 8. The lowest BCUT2D eigenvalue weighted by Gasteiger charge is -2.22. The Kier molecular flexibility index (Phi) is 7.31. The van der Waals surface area contributed by atoms with Crippen LogP contribution in [-0.2, 0) is 11.2 Å². The molecule has 0 amide bonds. The van der Waals surface area contributed by atoms with Crippen molar-refractivity contribution in [3.63, 3.8) is 0 Å². The number of benzene rings is 2. The second-order valence-corrected chi connectivity index (χ2v) is 8.54. The number of phenols is 1. The average Bonchev–Trinajstić information content (AvgIpc) is 2.63. The van der Waals surface area contributed by atoms with Crippen LogP contribution in [0.25, 0.3) is 0 Å². The summed E-state index contributed by atoms with van der Waals surface area (Å²) in [4.78, 5) is 11.2. The molecule has 0 saturated carbocycles. The van der Waals surface area contributed by atoms with Gasteiger partial charge in [0.05, 0.1) is 0 Å². The molecule has 5 nitrogen and oxygen atoms in total. The van der Waals surface area contributed by atoms with Crippen LogP contribution in [0, 0.1) is 0 Å². The quantitative estimate of drug-likeness (QED) is 0.544. The first-order chi connectivity index (χ1) is 13.5. The molecule has 0 aliphatic rings. The third-order valence-electron chi connectivity index (χ3n) is 5.06. The van der Waals surface area contributed by atoms with E-state index in [2.05, 4.69) is 27.7 Å². The van der Waals surface area contributed by atoms with Gasteiger partial charge in [0.1, 0.15) is 23.3 Å². The molecule has 1 atom stereocenters. The highest BCUT2D eigenvalue weighted by atomic mass is 16.5. The normalized spacial score (nSPS) is 12.6. The molecule has 0 aliphatic heterocycles. The van der Waals surface area contributed by atoms with Gasteiger partial charge in [0.15, 0.2) is 0 Å². The molecule has 0 saturated heterocycles. The van der Waals surface area contributed by atoms with Crippen molar-refractivity contribution in [2.45, 2.75) is 71.8 Å². The fourth-order valence-corrected chi connectivity index (χ4v) is 3.35. The fraction of sp³-hybridized carbons (Fsp3) is 0.458. The number of nitrogens with two attached hydrogens (primary N) is 1. The summed E-state index contributed by atoms with van der Waals surface area (Å²) >= 11 is 0. The zero-order valence-corrected chi connectivity index (χ0v) is 18.2. The van der Waals surface area contributed by atoms with Crippen LogP contribution in [0.2, 0.25) is 0 Å². The summed E-state index contributed by atoms with van der Waals surface area (Å²) in [6, 6.07) is 8.37. The summed E-state index contributed by atoms with van der Waals surface area (Å²) in [7, 11) is 0. The van der Waals surface area contributed by atoms with Gasteiger partial charge in [0.2, 0.25) is 0 Å². The largest absolute Gasteiger partial charge is 0.508 e. The molecule has 0 aromatic heterocycles. The first-order valence-electron chi connectivity index (χ1n) is 10.2. The number of carbonyl (C=O) groups is 1. The minimum atomic E-state index is -1.01. The monoisotopic (exact) mass is 399 g/mol. The highest BCUT2D eigenvalue weighted by Crippen LogP contribution is 2.40. The molecule has 0 spiro atoms. The van der Waals surface area contributed by atoms with Crippen LogP contribution in [0.3, 0.4) is 0 Å². The summed E-state index contributed by atoms with van der Waals surface area (Å²) < 4.78 is 6.36. The molecular weight excluding hydrogens is 366 g/mol. The van der Waals surface area contributed by atoms with E-state index in [-0.39, 0.29) is 29.9 Å². The van der Waals surface area contributed by atoms with Crippen LogP contribution >= 0.6 is 0 Å². The molecule has 29 heavy (non-hydrogen) atoms. The summed E-state index contributed by atoms with van der Waals surface area (Å²) in [5, 5.41) is 19.3. The number of phenolic OH excluding ortho intramolecular Hbond substituents is 1.